The Hall–Kier alpha value is -4.27. The summed E-state index contributed by atoms with van der Waals surface area (Å²) in [6.45, 7) is 8.24. The Labute approximate surface area is 388 Å². The molecule has 4 N–H and O–H groups in total. The van der Waals surface area contributed by atoms with Gasteiger partial charge in [-0.2, -0.15) is 0 Å². The Kier molecular flexibility index (Phi) is 11.7. The second kappa shape index (κ2) is 17.1. The molecule has 4 aliphatic carbocycles. The van der Waals surface area contributed by atoms with Crippen LogP contribution in [0.15, 0.2) is 36.4 Å². The van der Waals surface area contributed by atoms with Gasteiger partial charge in [-0.25, -0.2) is 9.97 Å². The second-order valence-corrected chi connectivity index (χ2v) is 21.6. The Morgan fingerprint density at radius 1 is 0.800 bits per heavy atom. The van der Waals surface area contributed by atoms with Crippen LogP contribution >= 0.6 is 11.6 Å². The van der Waals surface area contributed by atoms with Crippen LogP contribution in [0.1, 0.15) is 134 Å². The molecule has 2 aromatic carbocycles. The van der Waals surface area contributed by atoms with Gasteiger partial charge in [0.15, 0.2) is 17.9 Å². The van der Waals surface area contributed by atoms with Gasteiger partial charge in [-0.3, -0.25) is 19.4 Å². The lowest BCUT2D eigenvalue weighted by Gasteiger charge is -2.32. The fraction of sp³-hybridized carbons (Fsp3) is 0.608. The first-order chi connectivity index (χ1) is 31.2. The number of carbonyl (C=O) groups excluding carboxylic acids is 1. The van der Waals surface area contributed by atoms with E-state index in [1.54, 1.807) is 0 Å². The van der Waals surface area contributed by atoms with Crippen LogP contribution in [0.3, 0.4) is 0 Å². The number of amides is 1. The maximum absolute atomic E-state index is 13.9. The smallest absolute Gasteiger partial charge is 0.309 e. The zero-order valence-electron chi connectivity index (χ0n) is 38.8. The molecule has 4 saturated carbocycles. The first kappa shape index (κ1) is 44.6. The summed E-state index contributed by atoms with van der Waals surface area (Å²) < 4.78 is 9.58. The van der Waals surface area contributed by atoms with E-state index in [4.69, 9.17) is 26.3 Å². The van der Waals surface area contributed by atoms with Crippen LogP contribution in [0.2, 0.25) is 5.02 Å². The molecule has 1 amide bonds. The number of nitrogens with zero attached hydrogens (tertiary/aromatic N) is 6. The predicted octanol–water partition coefficient (Wildman–Crippen LogP) is 8.66. The summed E-state index contributed by atoms with van der Waals surface area (Å²) in [5.74, 6) is 0.0931. The lowest BCUT2D eigenvalue weighted by Crippen LogP contribution is -2.34. The van der Waals surface area contributed by atoms with Crippen LogP contribution < -0.4 is 10.6 Å². The van der Waals surface area contributed by atoms with Gasteiger partial charge >= 0.3 is 5.97 Å². The van der Waals surface area contributed by atoms with Gasteiger partial charge in [0.2, 0.25) is 0 Å². The Balaban J connectivity index is 0.763. The molecule has 10 rings (SSSR count). The average molecular weight is 908 g/mol. The van der Waals surface area contributed by atoms with Gasteiger partial charge in [-0.1, -0.05) is 35.9 Å². The van der Waals surface area contributed by atoms with Crippen molar-refractivity contribution in [1.82, 2.24) is 28.9 Å². The molecule has 6 aliphatic rings. The largest absolute Gasteiger partial charge is 0.481 e. The minimum absolute atomic E-state index is 0.154. The minimum atomic E-state index is -1.10. The number of benzene rings is 2. The molecule has 348 valence electrons. The molecule has 13 nitrogen and oxygen atoms in total. The fourth-order valence-electron chi connectivity index (χ4n) is 13.6. The van der Waals surface area contributed by atoms with Crippen molar-refractivity contribution in [3.8, 4) is 11.1 Å². The van der Waals surface area contributed by atoms with Crippen molar-refractivity contribution in [2.75, 3.05) is 50.5 Å². The average Bonchev–Trinajstić information content (AvgIpc) is 4.15. The van der Waals surface area contributed by atoms with E-state index in [1.165, 1.54) is 44.9 Å². The zero-order chi connectivity index (χ0) is 45.3. The first-order valence-corrected chi connectivity index (χ1v) is 24.5. The lowest BCUT2D eigenvalue weighted by atomic mass is 9.79. The summed E-state index contributed by atoms with van der Waals surface area (Å²) in [5.41, 5.74) is 8.61. The standard InChI is InChI=1S/C51H67ClN8O5/c1-33-34(8-5-10-36(33)55-45(61)43-53-38-28-59(25-12-40(38)57(43)2)24-7-14-48-15-17-50(30-48,18-16-48)32-65-4)35-9-6-11-37(42(35)52)56-46(62)44-54-39-29-60(26-13-41(39)58(44)3)27-23-49-19-21-51(31-49,22-20-49)47(63)64/h5-6,8-11,46,56,62H,7,12-32H2,1-4H3,(H,55,61)(H,63,64). The van der Waals surface area contributed by atoms with Gasteiger partial charge in [0.1, 0.15) is 0 Å². The fourth-order valence-corrected chi connectivity index (χ4v) is 13.9. The van der Waals surface area contributed by atoms with Crippen molar-refractivity contribution in [2.45, 2.75) is 123 Å². The van der Waals surface area contributed by atoms with Crippen molar-refractivity contribution in [1.29, 1.82) is 0 Å². The molecule has 65 heavy (non-hydrogen) atoms. The Bertz CT molecular complexity index is 2480. The van der Waals surface area contributed by atoms with Crippen molar-refractivity contribution < 1.29 is 24.5 Å². The first-order valence-electron chi connectivity index (χ1n) is 24.1. The van der Waals surface area contributed by atoms with Gasteiger partial charge in [-0.05, 0) is 143 Å². The van der Waals surface area contributed by atoms with Crippen LogP contribution in [0.4, 0.5) is 11.4 Å². The predicted molar refractivity (Wildman–Crippen MR) is 252 cm³/mol. The molecule has 0 spiro atoms. The number of ether oxygens (including phenoxy) is 1. The number of methoxy groups -OCH3 is 1. The summed E-state index contributed by atoms with van der Waals surface area (Å²) in [6.07, 6.45) is 15.2. The Morgan fingerprint density at radius 3 is 2.11 bits per heavy atom. The van der Waals surface area contributed by atoms with Gasteiger partial charge in [0.25, 0.3) is 5.91 Å². The number of carboxylic acids is 1. The van der Waals surface area contributed by atoms with Crippen molar-refractivity contribution in [3.05, 3.63) is 81.4 Å². The zero-order valence-corrected chi connectivity index (χ0v) is 39.5. The van der Waals surface area contributed by atoms with E-state index in [9.17, 15) is 19.8 Å². The van der Waals surface area contributed by atoms with Crippen molar-refractivity contribution in [3.63, 3.8) is 0 Å². The molecule has 0 saturated heterocycles. The summed E-state index contributed by atoms with van der Waals surface area (Å²) >= 11 is 7.14. The van der Waals surface area contributed by atoms with Gasteiger partial charge in [0, 0.05) is 82.9 Å². The number of hydrogen-bond donors (Lipinski definition) is 4. The van der Waals surface area contributed by atoms with Gasteiger partial charge < -0.3 is 34.7 Å². The van der Waals surface area contributed by atoms with Crippen LogP contribution in [0, 0.1) is 28.6 Å². The van der Waals surface area contributed by atoms with E-state index >= 15 is 0 Å². The number of carbonyl (C=O) groups is 2. The molecule has 4 bridgehead atoms. The highest BCUT2D eigenvalue weighted by Crippen LogP contribution is 2.64. The van der Waals surface area contributed by atoms with E-state index in [-0.39, 0.29) is 11.3 Å². The quantitative estimate of drug-likeness (QED) is 0.0805. The molecule has 1 atom stereocenters. The summed E-state index contributed by atoms with van der Waals surface area (Å²) in [4.78, 5) is 40.7. The Morgan fingerprint density at radius 2 is 1.42 bits per heavy atom. The number of anilines is 2. The molecule has 2 aromatic heterocycles. The third kappa shape index (κ3) is 8.10. The number of aromatic nitrogens is 4. The van der Waals surface area contributed by atoms with E-state index in [2.05, 4.69) is 20.4 Å². The topological polar surface area (TPSA) is 150 Å². The van der Waals surface area contributed by atoms with E-state index in [0.717, 1.165) is 130 Å². The highest BCUT2D eigenvalue weighted by molar-refractivity contribution is 6.36. The van der Waals surface area contributed by atoms with E-state index < -0.39 is 17.6 Å². The summed E-state index contributed by atoms with van der Waals surface area (Å²) in [5, 5.41) is 28.3. The van der Waals surface area contributed by atoms with Crippen molar-refractivity contribution in [2.24, 2.45) is 35.8 Å². The molecular formula is C51H67ClN8O5. The maximum atomic E-state index is 13.9. The third-order valence-electron chi connectivity index (χ3n) is 17.5. The number of aliphatic hydroxyl groups is 1. The third-order valence-corrected chi connectivity index (χ3v) is 17.9. The van der Waals surface area contributed by atoms with E-state index in [1.807, 2.05) is 73.7 Å². The molecule has 4 heterocycles. The van der Waals surface area contributed by atoms with Crippen LogP contribution in [0.5, 0.6) is 0 Å². The molecular weight excluding hydrogens is 840 g/mol. The van der Waals surface area contributed by atoms with Crippen LogP contribution in [-0.4, -0.2) is 90.9 Å². The number of imidazole rings is 2. The number of rotatable bonds is 16. The number of hydrogen-bond acceptors (Lipinski definition) is 9. The number of nitrogens with one attached hydrogen (secondary N) is 2. The van der Waals surface area contributed by atoms with Gasteiger partial charge in [0.05, 0.1) is 34.1 Å². The molecule has 2 aliphatic heterocycles. The van der Waals surface area contributed by atoms with Crippen molar-refractivity contribution >= 4 is 34.9 Å². The molecule has 0 radical (unpaired) electrons. The highest BCUT2D eigenvalue weighted by Gasteiger charge is 2.58. The monoisotopic (exact) mass is 906 g/mol. The van der Waals surface area contributed by atoms with E-state index in [0.29, 0.717) is 45.4 Å². The minimum Gasteiger partial charge on any atom is -0.481 e. The van der Waals surface area contributed by atoms with Crippen LogP contribution in [-0.2, 0) is 49.6 Å². The number of carboxylic acid groups (broad SMARTS) is 1. The molecule has 4 fully saturated rings. The second-order valence-electron chi connectivity index (χ2n) is 21.2. The molecule has 14 heteroatoms. The summed E-state index contributed by atoms with van der Waals surface area (Å²) in [7, 11) is 5.76. The maximum Gasteiger partial charge on any atom is 0.309 e. The number of fused-ring (bicyclic) bond motifs is 6. The number of halogens is 1. The lowest BCUT2D eigenvalue weighted by molar-refractivity contribution is -0.148. The summed E-state index contributed by atoms with van der Waals surface area (Å²) in [6, 6.07) is 11.5. The number of aliphatic carboxylic acids is 1. The highest BCUT2D eigenvalue weighted by atomic mass is 35.5. The number of aliphatic hydroxyl groups excluding tert-OH is 1. The van der Waals surface area contributed by atoms with Crippen LogP contribution in [0.25, 0.3) is 11.1 Å². The molecule has 1 unspecified atom stereocenters. The van der Waals surface area contributed by atoms with Gasteiger partial charge in [-0.15, -0.1) is 0 Å². The molecule has 4 aromatic rings. The SMILES string of the molecule is COCC12CCC(CCCN3CCc4c(nc(C(=O)Nc5cccc(-c6cccc(NC(O)c7nc8c(n7C)CCN(CCC79CCC(C(=O)O)(CC7)C9)C8)c6Cl)c5C)n4C)C3)(CC1)C2. The normalized spacial score (nSPS) is 27.5.